The van der Waals surface area contributed by atoms with Gasteiger partial charge in [0.25, 0.3) is 0 Å². The van der Waals surface area contributed by atoms with E-state index in [0.717, 1.165) is 5.56 Å². The Labute approximate surface area is 68.6 Å². The van der Waals surface area contributed by atoms with Gasteiger partial charge >= 0.3 is 5.97 Å². The van der Waals surface area contributed by atoms with Crippen molar-refractivity contribution in [1.82, 2.24) is 9.78 Å². The predicted octanol–water partition coefficient (Wildman–Crippen LogP) is 0.614. The van der Waals surface area contributed by atoms with Crippen LogP contribution >= 0.6 is 0 Å². The van der Waals surface area contributed by atoms with Gasteiger partial charge in [-0.25, -0.2) is 9.18 Å². The summed E-state index contributed by atoms with van der Waals surface area (Å²) >= 11 is 0. The average Bonchev–Trinajstić information content (AvgIpc) is 2.35. The second kappa shape index (κ2) is 3.34. The summed E-state index contributed by atoms with van der Waals surface area (Å²) in [6.45, 7) is 1.57. The first kappa shape index (κ1) is 8.70. The maximum Gasteiger partial charge on any atom is 0.340 e. The van der Waals surface area contributed by atoms with Crippen molar-refractivity contribution in [3.05, 3.63) is 18.0 Å². The van der Waals surface area contributed by atoms with Crippen LogP contribution in [0.3, 0.4) is 0 Å². The van der Waals surface area contributed by atoms with Crippen LogP contribution in [-0.4, -0.2) is 27.0 Å². The number of carboxylic acids is 1. The second-order valence-electron chi connectivity index (χ2n) is 2.55. The van der Waals surface area contributed by atoms with E-state index in [4.69, 9.17) is 5.11 Å². The van der Waals surface area contributed by atoms with E-state index in [2.05, 4.69) is 5.10 Å². The number of hydrogen-bond acceptors (Lipinski definition) is 2. The molecule has 1 N–H and O–H groups in total. The number of nitrogens with zero attached hydrogens (tertiary/aromatic N) is 2. The Morgan fingerprint density at radius 3 is 3.00 bits per heavy atom. The molecule has 0 bridgehead atoms. The Morgan fingerprint density at radius 1 is 1.92 bits per heavy atom. The molecular formula is C7H9FN2O2. The van der Waals surface area contributed by atoms with E-state index < -0.39 is 12.1 Å². The first-order valence-electron chi connectivity index (χ1n) is 3.45. The van der Waals surface area contributed by atoms with Crippen LogP contribution in [0.2, 0.25) is 0 Å². The number of aliphatic carboxylic acids is 1. The highest BCUT2D eigenvalue weighted by Crippen LogP contribution is 1.99. The maximum absolute atomic E-state index is 12.6. The standard InChI is InChI=1S/C7H9FN2O2/c1-5-2-9-10(3-5)4-6(8)7(11)12/h2-3,6H,4H2,1H3,(H,11,12). The summed E-state index contributed by atoms with van der Waals surface area (Å²) in [5, 5.41) is 12.0. The first-order valence-corrected chi connectivity index (χ1v) is 3.45. The lowest BCUT2D eigenvalue weighted by Crippen LogP contribution is -2.21. The smallest absolute Gasteiger partial charge is 0.340 e. The normalized spacial score (nSPS) is 12.8. The lowest BCUT2D eigenvalue weighted by molar-refractivity contribution is -0.143. The van der Waals surface area contributed by atoms with E-state index in [0.29, 0.717) is 0 Å². The monoisotopic (exact) mass is 172 g/mol. The Morgan fingerprint density at radius 2 is 2.58 bits per heavy atom. The SMILES string of the molecule is Cc1cnn(CC(F)C(=O)O)c1. The van der Waals surface area contributed by atoms with Crippen LogP contribution in [0, 0.1) is 6.92 Å². The lowest BCUT2D eigenvalue weighted by atomic mass is 10.4. The van der Waals surface area contributed by atoms with Crippen molar-refractivity contribution < 1.29 is 14.3 Å². The minimum atomic E-state index is -1.88. The highest BCUT2D eigenvalue weighted by Gasteiger charge is 2.16. The van der Waals surface area contributed by atoms with Gasteiger partial charge in [-0.3, -0.25) is 4.68 Å². The van der Waals surface area contributed by atoms with Crippen LogP contribution in [-0.2, 0) is 11.3 Å². The zero-order chi connectivity index (χ0) is 9.14. The molecule has 12 heavy (non-hydrogen) atoms. The van der Waals surface area contributed by atoms with Gasteiger partial charge in [0.1, 0.15) is 0 Å². The van der Waals surface area contributed by atoms with E-state index in [9.17, 15) is 9.18 Å². The average molecular weight is 172 g/mol. The summed E-state index contributed by atoms with van der Waals surface area (Å²) in [6.07, 6.45) is 1.26. The van der Waals surface area contributed by atoms with Crippen LogP contribution in [0.15, 0.2) is 12.4 Å². The van der Waals surface area contributed by atoms with Gasteiger partial charge in [0.15, 0.2) is 0 Å². The second-order valence-corrected chi connectivity index (χ2v) is 2.55. The number of carboxylic acid groups (broad SMARTS) is 1. The molecule has 4 nitrogen and oxygen atoms in total. The molecule has 1 unspecified atom stereocenters. The van der Waals surface area contributed by atoms with E-state index in [1.54, 1.807) is 19.3 Å². The van der Waals surface area contributed by atoms with Gasteiger partial charge in [0.05, 0.1) is 12.7 Å². The van der Waals surface area contributed by atoms with E-state index in [-0.39, 0.29) is 6.54 Å². The van der Waals surface area contributed by atoms with Gasteiger partial charge in [-0.1, -0.05) is 0 Å². The fraction of sp³-hybridized carbons (Fsp3) is 0.429. The van der Waals surface area contributed by atoms with Crippen LogP contribution in [0.1, 0.15) is 5.56 Å². The molecular weight excluding hydrogens is 163 g/mol. The number of rotatable bonds is 3. The fourth-order valence-corrected chi connectivity index (χ4v) is 0.809. The molecule has 5 heteroatoms. The zero-order valence-corrected chi connectivity index (χ0v) is 6.57. The van der Waals surface area contributed by atoms with E-state index >= 15 is 0 Å². The number of hydrogen-bond donors (Lipinski definition) is 1. The molecule has 0 radical (unpaired) electrons. The van der Waals surface area contributed by atoms with Gasteiger partial charge in [0, 0.05) is 6.20 Å². The summed E-state index contributed by atoms with van der Waals surface area (Å²) in [4.78, 5) is 10.1. The molecule has 1 atom stereocenters. The molecule has 0 saturated carbocycles. The third-order valence-corrected chi connectivity index (χ3v) is 1.38. The molecule has 0 aliphatic rings. The highest BCUT2D eigenvalue weighted by molar-refractivity contribution is 5.71. The fourth-order valence-electron chi connectivity index (χ4n) is 0.809. The Hall–Kier alpha value is -1.39. The number of halogens is 1. The minimum absolute atomic E-state index is 0.233. The topological polar surface area (TPSA) is 55.1 Å². The van der Waals surface area contributed by atoms with E-state index in [1.165, 1.54) is 4.68 Å². The van der Waals surface area contributed by atoms with Crippen molar-refractivity contribution in [3.63, 3.8) is 0 Å². The number of carbonyl (C=O) groups is 1. The molecule has 0 aliphatic heterocycles. The molecule has 1 rings (SSSR count). The summed E-state index contributed by atoms with van der Waals surface area (Å²) in [6, 6.07) is 0. The van der Waals surface area contributed by atoms with Crippen LogP contribution < -0.4 is 0 Å². The molecule has 0 spiro atoms. The molecule has 0 saturated heterocycles. The van der Waals surface area contributed by atoms with E-state index in [1.807, 2.05) is 0 Å². The van der Waals surface area contributed by atoms with Gasteiger partial charge in [-0.2, -0.15) is 5.10 Å². The van der Waals surface area contributed by atoms with Gasteiger partial charge < -0.3 is 5.11 Å². The van der Waals surface area contributed by atoms with Crippen molar-refractivity contribution in [3.8, 4) is 0 Å². The number of aromatic nitrogens is 2. The molecule has 0 aromatic carbocycles. The third kappa shape index (κ3) is 2.05. The number of alkyl halides is 1. The largest absolute Gasteiger partial charge is 0.479 e. The minimum Gasteiger partial charge on any atom is -0.479 e. The number of aryl methyl sites for hydroxylation is 1. The molecule has 0 aliphatic carbocycles. The molecule has 0 fully saturated rings. The van der Waals surface area contributed by atoms with Gasteiger partial charge in [-0.05, 0) is 12.5 Å². The van der Waals surface area contributed by atoms with Gasteiger partial charge in [-0.15, -0.1) is 0 Å². The predicted molar refractivity (Wildman–Crippen MR) is 39.5 cm³/mol. The first-order chi connectivity index (χ1) is 5.59. The van der Waals surface area contributed by atoms with Crippen molar-refractivity contribution in [2.75, 3.05) is 0 Å². The molecule has 0 amide bonds. The Kier molecular flexibility index (Phi) is 2.42. The summed E-state index contributed by atoms with van der Waals surface area (Å²) in [5.74, 6) is -1.46. The van der Waals surface area contributed by atoms with Crippen molar-refractivity contribution in [1.29, 1.82) is 0 Å². The summed E-state index contributed by atoms with van der Waals surface area (Å²) < 4.78 is 13.8. The molecule has 1 aromatic heterocycles. The van der Waals surface area contributed by atoms with Crippen LogP contribution in [0.25, 0.3) is 0 Å². The van der Waals surface area contributed by atoms with Crippen molar-refractivity contribution in [2.45, 2.75) is 19.6 Å². The molecule has 1 heterocycles. The van der Waals surface area contributed by atoms with Crippen LogP contribution in [0.4, 0.5) is 4.39 Å². The lowest BCUT2D eigenvalue weighted by Gasteiger charge is -2.01. The van der Waals surface area contributed by atoms with Crippen molar-refractivity contribution in [2.24, 2.45) is 0 Å². The highest BCUT2D eigenvalue weighted by atomic mass is 19.1. The Bertz CT molecular complexity index is 285. The molecule has 66 valence electrons. The third-order valence-electron chi connectivity index (χ3n) is 1.38. The van der Waals surface area contributed by atoms with Gasteiger partial charge in [0.2, 0.25) is 6.17 Å². The quantitative estimate of drug-likeness (QED) is 0.726. The molecule has 1 aromatic rings. The van der Waals surface area contributed by atoms with Crippen LogP contribution in [0.5, 0.6) is 0 Å². The zero-order valence-electron chi connectivity index (χ0n) is 6.57. The summed E-state index contributed by atoms with van der Waals surface area (Å²) in [7, 11) is 0. The maximum atomic E-state index is 12.6. The van der Waals surface area contributed by atoms with Crippen molar-refractivity contribution >= 4 is 5.97 Å². The summed E-state index contributed by atoms with van der Waals surface area (Å²) in [5.41, 5.74) is 0.882. The Balaban J connectivity index is 2.58.